The third kappa shape index (κ3) is 3.21. The molecule has 0 unspecified atom stereocenters. The normalized spacial score (nSPS) is 16.9. The Morgan fingerprint density at radius 1 is 1.62 bits per heavy atom. The van der Waals surface area contributed by atoms with Crippen LogP contribution in [0.25, 0.3) is 0 Å². The molecule has 5 heteroatoms. The van der Waals surface area contributed by atoms with Crippen LogP contribution in [0.15, 0.2) is 22.7 Å². The summed E-state index contributed by atoms with van der Waals surface area (Å²) in [6.45, 7) is 1.86. The smallest absolute Gasteiger partial charge is 0.140 e. The highest BCUT2D eigenvalue weighted by atomic mass is 32.1. The summed E-state index contributed by atoms with van der Waals surface area (Å²) in [7, 11) is 0. The largest absolute Gasteiger partial charge is 0.409 e. The molecule has 0 saturated heterocycles. The van der Waals surface area contributed by atoms with E-state index in [1.807, 2.05) is 0 Å². The van der Waals surface area contributed by atoms with Crippen molar-refractivity contribution in [3.05, 3.63) is 22.4 Å². The van der Waals surface area contributed by atoms with E-state index >= 15 is 0 Å². The molecule has 1 heterocycles. The summed E-state index contributed by atoms with van der Waals surface area (Å²) in [4.78, 5) is 3.80. The van der Waals surface area contributed by atoms with Crippen LogP contribution in [-0.2, 0) is 6.54 Å². The Hall–Kier alpha value is -1.07. The highest BCUT2D eigenvalue weighted by molar-refractivity contribution is 7.09. The second-order valence-electron chi connectivity index (χ2n) is 4.12. The number of hydrogen-bond donors (Lipinski definition) is 2. The van der Waals surface area contributed by atoms with Crippen molar-refractivity contribution >= 4 is 17.2 Å². The van der Waals surface area contributed by atoms with Gasteiger partial charge in [0.1, 0.15) is 5.84 Å². The van der Waals surface area contributed by atoms with E-state index in [1.54, 1.807) is 11.3 Å². The van der Waals surface area contributed by atoms with Crippen LogP contribution in [0.5, 0.6) is 0 Å². The van der Waals surface area contributed by atoms with Crippen LogP contribution >= 0.6 is 11.3 Å². The second kappa shape index (κ2) is 5.32. The minimum Gasteiger partial charge on any atom is -0.409 e. The Bertz CT molecular complexity index is 346. The highest BCUT2D eigenvalue weighted by Crippen LogP contribution is 2.29. The average Bonchev–Trinajstić information content (AvgIpc) is 3.02. The summed E-state index contributed by atoms with van der Waals surface area (Å²) >= 11 is 1.78. The highest BCUT2D eigenvalue weighted by Gasteiger charge is 2.28. The van der Waals surface area contributed by atoms with E-state index in [0.717, 1.165) is 13.1 Å². The second-order valence-corrected chi connectivity index (χ2v) is 5.15. The van der Waals surface area contributed by atoms with Crippen molar-refractivity contribution in [2.45, 2.75) is 31.8 Å². The molecule has 0 amide bonds. The molecule has 1 aliphatic rings. The topological polar surface area (TPSA) is 61.8 Å². The maximum Gasteiger partial charge on any atom is 0.140 e. The molecule has 4 nitrogen and oxygen atoms in total. The van der Waals surface area contributed by atoms with Crippen molar-refractivity contribution in [3.63, 3.8) is 0 Å². The minimum atomic E-state index is 0.317. The van der Waals surface area contributed by atoms with Gasteiger partial charge in [0, 0.05) is 30.4 Å². The Labute approximate surface area is 99.4 Å². The Balaban J connectivity index is 1.85. The fourth-order valence-corrected chi connectivity index (χ4v) is 2.47. The summed E-state index contributed by atoms with van der Waals surface area (Å²) in [5.74, 6) is 0.317. The van der Waals surface area contributed by atoms with Crippen LogP contribution in [0.4, 0.5) is 0 Å². The third-order valence-corrected chi connectivity index (χ3v) is 3.65. The summed E-state index contributed by atoms with van der Waals surface area (Å²) in [5, 5.41) is 13.6. The van der Waals surface area contributed by atoms with Gasteiger partial charge in [-0.15, -0.1) is 11.3 Å². The van der Waals surface area contributed by atoms with Gasteiger partial charge in [0.25, 0.3) is 0 Å². The van der Waals surface area contributed by atoms with Crippen LogP contribution in [0.2, 0.25) is 0 Å². The Kier molecular flexibility index (Phi) is 3.79. The first-order valence-corrected chi connectivity index (χ1v) is 6.40. The predicted octanol–water partition coefficient (Wildman–Crippen LogP) is 1.85. The standard InChI is InChI=1S/C11H17N3OS/c12-11(13-15)5-6-14(9-3-4-9)8-10-2-1-7-16-10/h1-2,7,9,15H,3-6,8H2,(H2,12,13). The number of amidine groups is 1. The number of hydrogen-bond acceptors (Lipinski definition) is 4. The molecular formula is C11H17N3OS. The van der Waals surface area contributed by atoms with Crippen molar-refractivity contribution < 1.29 is 5.21 Å². The van der Waals surface area contributed by atoms with Gasteiger partial charge in [-0.05, 0) is 24.3 Å². The summed E-state index contributed by atoms with van der Waals surface area (Å²) in [6.07, 6.45) is 3.20. The molecular weight excluding hydrogens is 222 g/mol. The van der Waals surface area contributed by atoms with E-state index in [1.165, 1.54) is 17.7 Å². The van der Waals surface area contributed by atoms with Crippen molar-refractivity contribution in [3.8, 4) is 0 Å². The lowest BCUT2D eigenvalue weighted by Gasteiger charge is -2.20. The molecule has 1 aromatic heterocycles. The molecule has 1 saturated carbocycles. The Morgan fingerprint density at radius 2 is 2.44 bits per heavy atom. The van der Waals surface area contributed by atoms with Crippen LogP contribution in [0.3, 0.4) is 0 Å². The van der Waals surface area contributed by atoms with Crippen LogP contribution in [0, 0.1) is 0 Å². The number of nitrogens with two attached hydrogens (primary N) is 1. The molecule has 0 spiro atoms. The molecule has 0 aliphatic heterocycles. The number of thiophene rings is 1. The number of oxime groups is 1. The third-order valence-electron chi connectivity index (χ3n) is 2.79. The first kappa shape index (κ1) is 11.4. The van der Waals surface area contributed by atoms with Crippen molar-refractivity contribution in [2.75, 3.05) is 6.54 Å². The van der Waals surface area contributed by atoms with E-state index < -0.39 is 0 Å². The molecule has 2 rings (SSSR count). The zero-order valence-corrected chi connectivity index (χ0v) is 9.99. The predicted molar refractivity (Wildman–Crippen MR) is 65.8 cm³/mol. The molecule has 1 aromatic rings. The zero-order chi connectivity index (χ0) is 11.4. The van der Waals surface area contributed by atoms with E-state index in [0.29, 0.717) is 18.3 Å². The first-order chi connectivity index (χ1) is 7.79. The molecule has 88 valence electrons. The van der Waals surface area contributed by atoms with Crippen molar-refractivity contribution in [1.82, 2.24) is 4.90 Å². The minimum absolute atomic E-state index is 0.317. The maximum atomic E-state index is 8.51. The molecule has 1 fully saturated rings. The Morgan fingerprint density at radius 3 is 3.00 bits per heavy atom. The number of nitrogens with zero attached hydrogens (tertiary/aromatic N) is 2. The SMILES string of the molecule is NC(CCN(Cc1cccs1)C1CC1)=NO. The van der Waals surface area contributed by atoms with E-state index in [9.17, 15) is 0 Å². The molecule has 3 N–H and O–H groups in total. The lowest BCUT2D eigenvalue weighted by atomic mass is 10.3. The van der Waals surface area contributed by atoms with Gasteiger partial charge in [0.2, 0.25) is 0 Å². The van der Waals surface area contributed by atoms with Crippen LogP contribution in [-0.4, -0.2) is 28.5 Å². The van der Waals surface area contributed by atoms with Gasteiger partial charge in [0.15, 0.2) is 0 Å². The van der Waals surface area contributed by atoms with Gasteiger partial charge in [-0.25, -0.2) is 0 Å². The van der Waals surface area contributed by atoms with Gasteiger partial charge in [-0.3, -0.25) is 4.90 Å². The van der Waals surface area contributed by atoms with Gasteiger partial charge in [0.05, 0.1) is 0 Å². The van der Waals surface area contributed by atoms with E-state index in [-0.39, 0.29) is 0 Å². The summed E-state index contributed by atoms with van der Waals surface area (Å²) in [5.41, 5.74) is 5.49. The quantitative estimate of drug-likeness (QED) is 0.345. The summed E-state index contributed by atoms with van der Waals surface area (Å²) < 4.78 is 0. The van der Waals surface area contributed by atoms with Crippen molar-refractivity contribution in [1.29, 1.82) is 0 Å². The lowest BCUT2D eigenvalue weighted by molar-refractivity contribution is 0.262. The van der Waals surface area contributed by atoms with Gasteiger partial charge in [-0.2, -0.15) is 0 Å². The van der Waals surface area contributed by atoms with Crippen LogP contribution < -0.4 is 5.73 Å². The molecule has 16 heavy (non-hydrogen) atoms. The van der Waals surface area contributed by atoms with Gasteiger partial charge in [-0.1, -0.05) is 11.2 Å². The van der Waals surface area contributed by atoms with Gasteiger partial charge >= 0.3 is 0 Å². The maximum absolute atomic E-state index is 8.51. The zero-order valence-electron chi connectivity index (χ0n) is 9.17. The molecule has 0 atom stereocenters. The van der Waals surface area contributed by atoms with Gasteiger partial charge < -0.3 is 10.9 Å². The fraction of sp³-hybridized carbons (Fsp3) is 0.545. The van der Waals surface area contributed by atoms with Crippen molar-refractivity contribution in [2.24, 2.45) is 10.9 Å². The van der Waals surface area contributed by atoms with E-state index in [4.69, 9.17) is 10.9 Å². The molecule has 1 aliphatic carbocycles. The fourth-order valence-electron chi connectivity index (χ4n) is 1.74. The first-order valence-electron chi connectivity index (χ1n) is 5.52. The lowest BCUT2D eigenvalue weighted by Crippen LogP contribution is -2.29. The monoisotopic (exact) mass is 239 g/mol. The molecule has 0 bridgehead atoms. The molecule has 0 aromatic carbocycles. The molecule has 0 radical (unpaired) electrons. The summed E-state index contributed by atoms with van der Waals surface area (Å²) in [6, 6.07) is 4.94. The van der Waals surface area contributed by atoms with E-state index in [2.05, 4.69) is 27.6 Å². The van der Waals surface area contributed by atoms with Crippen LogP contribution in [0.1, 0.15) is 24.1 Å². The number of rotatable bonds is 6. The average molecular weight is 239 g/mol.